The molecule has 2 rings (SSSR count). The van der Waals surface area contributed by atoms with Crippen LogP contribution in [0.15, 0.2) is 12.1 Å². The molecule has 15 heavy (non-hydrogen) atoms. The number of rotatable bonds is 3. The van der Waals surface area contributed by atoms with Crippen LogP contribution in [-0.2, 0) is 0 Å². The highest BCUT2D eigenvalue weighted by Gasteiger charge is 2.26. The molecule has 2 heterocycles. The number of hydrogen-bond acceptors (Lipinski definition) is 3. The molecule has 1 aliphatic rings. The van der Waals surface area contributed by atoms with E-state index >= 15 is 0 Å². The van der Waals surface area contributed by atoms with Gasteiger partial charge in [0.25, 0.3) is 0 Å². The fourth-order valence-electron chi connectivity index (χ4n) is 2.10. The molecule has 1 saturated heterocycles. The van der Waals surface area contributed by atoms with Crippen LogP contribution in [0.25, 0.3) is 0 Å². The highest BCUT2D eigenvalue weighted by Crippen LogP contribution is 2.33. The van der Waals surface area contributed by atoms with E-state index in [0.717, 1.165) is 23.8 Å². The molecule has 2 unspecified atom stereocenters. The summed E-state index contributed by atoms with van der Waals surface area (Å²) >= 11 is 7.58. The van der Waals surface area contributed by atoms with Crippen LogP contribution in [0.4, 0.5) is 0 Å². The Morgan fingerprint density at radius 2 is 2.47 bits per heavy atom. The maximum atomic E-state index is 9.10. The van der Waals surface area contributed by atoms with Gasteiger partial charge in [0, 0.05) is 24.1 Å². The van der Waals surface area contributed by atoms with Crippen molar-refractivity contribution in [2.75, 3.05) is 19.7 Å². The van der Waals surface area contributed by atoms with Crippen molar-refractivity contribution in [1.82, 2.24) is 4.90 Å². The van der Waals surface area contributed by atoms with Gasteiger partial charge in [-0.25, -0.2) is 0 Å². The fourth-order valence-corrected chi connectivity index (χ4v) is 3.24. The smallest absolute Gasteiger partial charge is 0.0931 e. The Morgan fingerprint density at radius 1 is 1.67 bits per heavy atom. The highest BCUT2D eigenvalue weighted by atomic mass is 35.5. The summed E-state index contributed by atoms with van der Waals surface area (Å²) in [7, 11) is 0. The second kappa shape index (κ2) is 4.83. The molecule has 0 saturated carbocycles. The molecule has 2 nitrogen and oxygen atoms in total. The van der Waals surface area contributed by atoms with Crippen molar-refractivity contribution in [2.45, 2.75) is 19.4 Å². The molecule has 1 aromatic heterocycles. The second-order valence-corrected chi connectivity index (χ2v) is 5.90. The summed E-state index contributed by atoms with van der Waals surface area (Å²) in [4.78, 5) is 3.74. The van der Waals surface area contributed by atoms with E-state index in [0.29, 0.717) is 18.6 Å². The third-order valence-electron chi connectivity index (χ3n) is 3.13. The zero-order valence-electron chi connectivity index (χ0n) is 8.82. The molecule has 1 N–H and O–H groups in total. The molecule has 1 aromatic rings. The zero-order chi connectivity index (χ0) is 10.8. The largest absolute Gasteiger partial charge is 0.396 e. The summed E-state index contributed by atoms with van der Waals surface area (Å²) in [6.45, 7) is 4.62. The molecule has 0 aromatic carbocycles. The Morgan fingerprint density at radius 3 is 3.00 bits per heavy atom. The van der Waals surface area contributed by atoms with Gasteiger partial charge in [-0.05, 0) is 37.9 Å². The number of aliphatic hydroxyl groups excluding tert-OH is 1. The lowest BCUT2D eigenvalue weighted by Gasteiger charge is -2.23. The Balaban J connectivity index is 2.00. The first kappa shape index (κ1) is 11.4. The highest BCUT2D eigenvalue weighted by molar-refractivity contribution is 7.16. The van der Waals surface area contributed by atoms with E-state index < -0.39 is 0 Å². The van der Waals surface area contributed by atoms with Crippen LogP contribution in [0.2, 0.25) is 4.34 Å². The minimum atomic E-state index is 0.314. The van der Waals surface area contributed by atoms with Crippen molar-refractivity contribution in [3.63, 3.8) is 0 Å². The molecule has 1 fully saturated rings. The summed E-state index contributed by atoms with van der Waals surface area (Å²) < 4.78 is 0.856. The standard InChI is InChI=1S/C11H16ClNOS/c1-8(10-2-3-11(12)15-10)13-5-4-9(6-13)7-14/h2-3,8-9,14H,4-7H2,1H3. The third kappa shape index (κ3) is 2.53. The third-order valence-corrected chi connectivity index (χ3v) is 4.53. The number of nitrogens with zero attached hydrogens (tertiary/aromatic N) is 1. The normalized spacial score (nSPS) is 24.6. The van der Waals surface area contributed by atoms with E-state index in [1.54, 1.807) is 11.3 Å². The molecule has 0 aliphatic carbocycles. The number of halogens is 1. The second-order valence-electron chi connectivity index (χ2n) is 4.15. The average Bonchev–Trinajstić information content (AvgIpc) is 2.84. The first-order chi connectivity index (χ1) is 7.20. The Kier molecular flexibility index (Phi) is 3.67. The maximum absolute atomic E-state index is 9.10. The fraction of sp³-hybridized carbons (Fsp3) is 0.636. The summed E-state index contributed by atoms with van der Waals surface area (Å²) in [6.07, 6.45) is 1.11. The monoisotopic (exact) mass is 245 g/mol. The van der Waals surface area contributed by atoms with Gasteiger partial charge in [-0.15, -0.1) is 11.3 Å². The van der Waals surface area contributed by atoms with Crippen LogP contribution in [0.5, 0.6) is 0 Å². The Bertz CT molecular complexity index is 328. The molecular weight excluding hydrogens is 230 g/mol. The van der Waals surface area contributed by atoms with Gasteiger partial charge in [-0.1, -0.05) is 11.6 Å². The van der Waals surface area contributed by atoms with E-state index in [1.807, 2.05) is 6.07 Å². The van der Waals surface area contributed by atoms with Crippen molar-refractivity contribution in [1.29, 1.82) is 0 Å². The van der Waals surface area contributed by atoms with E-state index in [1.165, 1.54) is 4.88 Å². The Labute approximate surface area is 99.5 Å². The molecule has 84 valence electrons. The van der Waals surface area contributed by atoms with Gasteiger partial charge in [0.15, 0.2) is 0 Å². The minimum Gasteiger partial charge on any atom is -0.396 e. The van der Waals surface area contributed by atoms with Crippen LogP contribution in [0.3, 0.4) is 0 Å². The SMILES string of the molecule is CC(c1ccc(Cl)s1)N1CCC(CO)C1. The van der Waals surface area contributed by atoms with Gasteiger partial charge in [0.05, 0.1) is 4.34 Å². The molecule has 2 atom stereocenters. The number of hydrogen-bond donors (Lipinski definition) is 1. The lowest BCUT2D eigenvalue weighted by molar-refractivity contribution is 0.206. The van der Waals surface area contributed by atoms with Crippen molar-refractivity contribution in [3.05, 3.63) is 21.3 Å². The van der Waals surface area contributed by atoms with Crippen molar-refractivity contribution in [3.8, 4) is 0 Å². The topological polar surface area (TPSA) is 23.5 Å². The maximum Gasteiger partial charge on any atom is 0.0931 e. The molecule has 1 aliphatic heterocycles. The van der Waals surface area contributed by atoms with E-state index in [4.69, 9.17) is 16.7 Å². The van der Waals surface area contributed by atoms with Crippen molar-refractivity contribution in [2.24, 2.45) is 5.92 Å². The molecule has 4 heteroatoms. The van der Waals surface area contributed by atoms with Crippen molar-refractivity contribution >= 4 is 22.9 Å². The van der Waals surface area contributed by atoms with Crippen LogP contribution >= 0.6 is 22.9 Å². The van der Waals surface area contributed by atoms with E-state index in [9.17, 15) is 0 Å². The van der Waals surface area contributed by atoms with Gasteiger partial charge in [-0.2, -0.15) is 0 Å². The van der Waals surface area contributed by atoms with Crippen LogP contribution in [0, 0.1) is 5.92 Å². The molecule has 0 bridgehead atoms. The first-order valence-corrected chi connectivity index (χ1v) is 6.50. The molecule has 0 spiro atoms. The van der Waals surface area contributed by atoms with E-state index in [2.05, 4.69) is 17.9 Å². The zero-order valence-corrected chi connectivity index (χ0v) is 10.4. The number of likely N-dealkylation sites (tertiary alicyclic amines) is 1. The lowest BCUT2D eigenvalue weighted by Crippen LogP contribution is -2.24. The van der Waals surface area contributed by atoms with Gasteiger partial charge in [-0.3, -0.25) is 4.90 Å². The summed E-state index contributed by atoms with van der Waals surface area (Å²) in [5, 5.41) is 9.10. The van der Waals surface area contributed by atoms with Crippen LogP contribution in [0.1, 0.15) is 24.3 Å². The average molecular weight is 246 g/mol. The van der Waals surface area contributed by atoms with Gasteiger partial charge in [0.2, 0.25) is 0 Å². The quantitative estimate of drug-likeness (QED) is 0.885. The first-order valence-electron chi connectivity index (χ1n) is 5.31. The Hall–Kier alpha value is -0.0900. The van der Waals surface area contributed by atoms with Crippen LogP contribution in [-0.4, -0.2) is 29.7 Å². The predicted molar refractivity (Wildman–Crippen MR) is 64.5 cm³/mol. The van der Waals surface area contributed by atoms with Gasteiger partial charge in [0.1, 0.15) is 0 Å². The lowest BCUT2D eigenvalue weighted by atomic mass is 10.1. The predicted octanol–water partition coefficient (Wildman–Crippen LogP) is 2.78. The molecule has 0 amide bonds. The molecular formula is C11H16ClNOS. The molecule has 0 radical (unpaired) electrons. The van der Waals surface area contributed by atoms with Crippen molar-refractivity contribution < 1.29 is 5.11 Å². The minimum absolute atomic E-state index is 0.314. The van der Waals surface area contributed by atoms with Gasteiger partial charge >= 0.3 is 0 Å². The summed E-state index contributed by atoms with van der Waals surface area (Å²) in [5.41, 5.74) is 0. The number of aliphatic hydroxyl groups is 1. The van der Waals surface area contributed by atoms with Gasteiger partial charge < -0.3 is 5.11 Å². The van der Waals surface area contributed by atoms with Crippen LogP contribution < -0.4 is 0 Å². The van der Waals surface area contributed by atoms with E-state index in [-0.39, 0.29) is 0 Å². The summed E-state index contributed by atoms with van der Waals surface area (Å²) in [6, 6.07) is 4.49. The summed E-state index contributed by atoms with van der Waals surface area (Å²) in [5.74, 6) is 0.461. The number of thiophene rings is 1.